The molecule has 0 bridgehead atoms. The van der Waals surface area contributed by atoms with Gasteiger partial charge in [0.2, 0.25) is 0 Å². The minimum atomic E-state index is -0.176. The Bertz CT molecular complexity index is 807. The number of carbonyl (C=O) groups excluding carboxylic acids is 1. The Hall–Kier alpha value is -2.69. The van der Waals surface area contributed by atoms with Gasteiger partial charge in [-0.25, -0.2) is 9.50 Å². The van der Waals surface area contributed by atoms with Crippen LogP contribution in [0.2, 0.25) is 0 Å². The molecule has 1 amide bonds. The molecule has 0 spiro atoms. The molecule has 0 aliphatic rings. The molecule has 5 nitrogen and oxygen atoms in total. The Morgan fingerprint density at radius 1 is 1.24 bits per heavy atom. The van der Waals surface area contributed by atoms with E-state index in [0.29, 0.717) is 17.9 Å². The molecule has 3 rings (SSSR count). The summed E-state index contributed by atoms with van der Waals surface area (Å²) in [6.45, 7) is 4.43. The molecule has 0 aliphatic heterocycles. The minimum absolute atomic E-state index is 0.176. The zero-order chi connectivity index (χ0) is 14.8. The van der Waals surface area contributed by atoms with Gasteiger partial charge in [-0.05, 0) is 31.0 Å². The summed E-state index contributed by atoms with van der Waals surface area (Å²) in [5.41, 5.74) is 4.23. The van der Waals surface area contributed by atoms with Gasteiger partial charge >= 0.3 is 0 Å². The number of nitrogens with one attached hydrogen (secondary N) is 1. The van der Waals surface area contributed by atoms with Crippen LogP contribution in [-0.2, 0) is 6.54 Å². The average molecular weight is 280 g/mol. The highest BCUT2D eigenvalue weighted by atomic mass is 16.1. The lowest BCUT2D eigenvalue weighted by Gasteiger charge is -2.08. The van der Waals surface area contributed by atoms with Gasteiger partial charge in [0.05, 0.1) is 6.20 Å². The van der Waals surface area contributed by atoms with Crippen molar-refractivity contribution in [3.63, 3.8) is 0 Å². The van der Waals surface area contributed by atoms with Gasteiger partial charge in [-0.3, -0.25) is 4.79 Å². The molecule has 0 atom stereocenters. The molecule has 2 aromatic heterocycles. The first-order valence-corrected chi connectivity index (χ1v) is 6.79. The third-order valence-electron chi connectivity index (χ3n) is 3.47. The fourth-order valence-electron chi connectivity index (χ4n) is 2.26. The SMILES string of the molecule is Cc1ccccc1CNC(=O)c1cc(C)n2nccc2n1. The number of amides is 1. The molecule has 5 heteroatoms. The number of aryl methyl sites for hydroxylation is 2. The summed E-state index contributed by atoms with van der Waals surface area (Å²) in [5.74, 6) is -0.176. The minimum Gasteiger partial charge on any atom is -0.347 e. The van der Waals surface area contributed by atoms with Crippen molar-refractivity contribution in [3.8, 4) is 0 Å². The number of rotatable bonds is 3. The summed E-state index contributed by atoms with van der Waals surface area (Å²) < 4.78 is 1.71. The Morgan fingerprint density at radius 3 is 2.86 bits per heavy atom. The van der Waals surface area contributed by atoms with Crippen molar-refractivity contribution in [2.24, 2.45) is 0 Å². The quantitative estimate of drug-likeness (QED) is 0.800. The monoisotopic (exact) mass is 280 g/mol. The summed E-state index contributed by atoms with van der Waals surface area (Å²) in [7, 11) is 0. The summed E-state index contributed by atoms with van der Waals surface area (Å²) in [5, 5.41) is 7.06. The van der Waals surface area contributed by atoms with Crippen molar-refractivity contribution in [1.29, 1.82) is 0 Å². The summed E-state index contributed by atoms with van der Waals surface area (Å²) in [6.07, 6.45) is 1.67. The molecule has 106 valence electrons. The van der Waals surface area contributed by atoms with Crippen LogP contribution in [0.25, 0.3) is 5.65 Å². The van der Waals surface area contributed by atoms with Crippen LogP contribution in [0.4, 0.5) is 0 Å². The largest absolute Gasteiger partial charge is 0.347 e. The van der Waals surface area contributed by atoms with E-state index in [1.807, 2.05) is 38.1 Å². The fraction of sp³-hybridized carbons (Fsp3) is 0.188. The van der Waals surface area contributed by atoms with E-state index in [0.717, 1.165) is 16.8 Å². The van der Waals surface area contributed by atoms with Crippen molar-refractivity contribution >= 4 is 11.6 Å². The van der Waals surface area contributed by atoms with Crippen LogP contribution in [-0.4, -0.2) is 20.5 Å². The molecule has 21 heavy (non-hydrogen) atoms. The van der Waals surface area contributed by atoms with Gasteiger partial charge < -0.3 is 5.32 Å². The van der Waals surface area contributed by atoms with Crippen LogP contribution >= 0.6 is 0 Å². The van der Waals surface area contributed by atoms with Crippen LogP contribution < -0.4 is 5.32 Å². The Morgan fingerprint density at radius 2 is 2.05 bits per heavy atom. The zero-order valence-corrected chi connectivity index (χ0v) is 12.0. The first-order chi connectivity index (χ1) is 10.1. The average Bonchev–Trinajstić information content (AvgIpc) is 2.95. The molecular weight excluding hydrogens is 264 g/mol. The first-order valence-electron chi connectivity index (χ1n) is 6.79. The van der Waals surface area contributed by atoms with E-state index in [1.54, 1.807) is 22.8 Å². The molecule has 0 fully saturated rings. The molecule has 1 N–H and O–H groups in total. The van der Waals surface area contributed by atoms with Crippen LogP contribution in [0, 0.1) is 13.8 Å². The molecule has 2 heterocycles. The van der Waals surface area contributed by atoms with Crippen LogP contribution in [0.3, 0.4) is 0 Å². The number of benzene rings is 1. The van der Waals surface area contributed by atoms with E-state index >= 15 is 0 Å². The van der Waals surface area contributed by atoms with Crippen molar-refractivity contribution in [2.75, 3.05) is 0 Å². The van der Waals surface area contributed by atoms with Gasteiger partial charge in [-0.1, -0.05) is 24.3 Å². The summed E-state index contributed by atoms with van der Waals surface area (Å²) in [6, 6.07) is 11.5. The second-order valence-electron chi connectivity index (χ2n) is 4.99. The van der Waals surface area contributed by atoms with Gasteiger partial charge in [-0.2, -0.15) is 5.10 Å². The standard InChI is InChI=1S/C16H16N4O/c1-11-5-3-4-6-13(11)10-17-16(21)14-9-12(2)20-15(19-14)7-8-18-20/h3-9H,10H2,1-2H3,(H,17,21). The zero-order valence-electron chi connectivity index (χ0n) is 12.0. The van der Waals surface area contributed by atoms with Crippen molar-refractivity contribution in [2.45, 2.75) is 20.4 Å². The molecular formula is C16H16N4O. The Labute approximate surface area is 122 Å². The maximum absolute atomic E-state index is 12.2. The lowest BCUT2D eigenvalue weighted by molar-refractivity contribution is 0.0946. The van der Waals surface area contributed by atoms with E-state index in [2.05, 4.69) is 15.4 Å². The Balaban J connectivity index is 1.79. The Kier molecular flexibility index (Phi) is 3.39. The van der Waals surface area contributed by atoms with Crippen molar-refractivity contribution in [1.82, 2.24) is 19.9 Å². The number of hydrogen-bond acceptors (Lipinski definition) is 3. The van der Waals surface area contributed by atoms with Crippen LogP contribution in [0.1, 0.15) is 27.3 Å². The number of aromatic nitrogens is 3. The molecule has 0 radical (unpaired) electrons. The van der Waals surface area contributed by atoms with E-state index in [9.17, 15) is 4.79 Å². The highest BCUT2D eigenvalue weighted by Crippen LogP contribution is 2.08. The smallest absolute Gasteiger partial charge is 0.270 e. The second kappa shape index (κ2) is 5.36. The molecule has 0 saturated heterocycles. The highest BCUT2D eigenvalue weighted by molar-refractivity contribution is 5.92. The molecule has 3 aromatic rings. The van der Waals surface area contributed by atoms with Gasteiger partial charge in [0, 0.05) is 18.3 Å². The molecule has 0 saturated carbocycles. The normalized spacial score (nSPS) is 10.8. The fourth-order valence-corrected chi connectivity index (χ4v) is 2.26. The third-order valence-corrected chi connectivity index (χ3v) is 3.47. The number of nitrogens with zero attached hydrogens (tertiary/aromatic N) is 3. The molecule has 0 aliphatic carbocycles. The molecule has 0 unspecified atom stereocenters. The van der Waals surface area contributed by atoms with Crippen LogP contribution in [0.5, 0.6) is 0 Å². The van der Waals surface area contributed by atoms with E-state index in [1.165, 1.54) is 0 Å². The van der Waals surface area contributed by atoms with E-state index in [4.69, 9.17) is 0 Å². The van der Waals surface area contributed by atoms with Gasteiger partial charge in [0.15, 0.2) is 5.65 Å². The lowest BCUT2D eigenvalue weighted by Crippen LogP contribution is -2.24. The highest BCUT2D eigenvalue weighted by Gasteiger charge is 2.11. The first kappa shape index (κ1) is 13.3. The summed E-state index contributed by atoms with van der Waals surface area (Å²) >= 11 is 0. The van der Waals surface area contributed by atoms with E-state index in [-0.39, 0.29) is 5.91 Å². The predicted octanol–water partition coefficient (Wildman–Crippen LogP) is 2.28. The van der Waals surface area contributed by atoms with Crippen LogP contribution in [0.15, 0.2) is 42.6 Å². The van der Waals surface area contributed by atoms with Gasteiger partial charge in [0.25, 0.3) is 5.91 Å². The lowest BCUT2D eigenvalue weighted by atomic mass is 10.1. The van der Waals surface area contributed by atoms with E-state index < -0.39 is 0 Å². The number of hydrogen-bond donors (Lipinski definition) is 1. The van der Waals surface area contributed by atoms with Crippen molar-refractivity contribution < 1.29 is 4.79 Å². The topological polar surface area (TPSA) is 59.3 Å². The summed E-state index contributed by atoms with van der Waals surface area (Å²) in [4.78, 5) is 16.6. The number of carbonyl (C=O) groups is 1. The van der Waals surface area contributed by atoms with Gasteiger partial charge in [-0.15, -0.1) is 0 Å². The maximum atomic E-state index is 12.2. The van der Waals surface area contributed by atoms with Gasteiger partial charge in [0.1, 0.15) is 5.69 Å². The molecule has 1 aromatic carbocycles. The van der Waals surface area contributed by atoms with Crippen molar-refractivity contribution in [3.05, 3.63) is 65.1 Å². The predicted molar refractivity (Wildman–Crippen MR) is 80.1 cm³/mol. The number of fused-ring (bicyclic) bond motifs is 1. The third kappa shape index (κ3) is 2.63. The maximum Gasteiger partial charge on any atom is 0.270 e. The second-order valence-corrected chi connectivity index (χ2v) is 4.99.